The lowest BCUT2D eigenvalue weighted by Gasteiger charge is -2.28. The van der Waals surface area contributed by atoms with Crippen molar-refractivity contribution >= 4 is 57.9 Å². The average Bonchev–Trinajstić information content (AvgIpc) is 2.88. The summed E-state index contributed by atoms with van der Waals surface area (Å²) in [5.74, 6) is -0.757. The summed E-state index contributed by atoms with van der Waals surface area (Å²) in [6.45, 7) is 5.80. The number of nitrogens with one attached hydrogen (secondary N) is 1. The van der Waals surface area contributed by atoms with Gasteiger partial charge in [0.2, 0.25) is 0 Å². The number of imide groups is 2. The van der Waals surface area contributed by atoms with Crippen LogP contribution in [0, 0.1) is 27.5 Å². The highest BCUT2D eigenvalue weighted by atomic mass is 127. The van der Waals surface area contributed by atoms with Crippen molar-refractivity contribution in [3.63, 3.8) is 0 Å². The Morgan fingerprint density at radius 3 is 2.54 bits per heavy atom. The van der Waals surface area contributed by atoms with E-state index in [1.807, 2.05) is 35.6 Å². The molecule has 0 unspecified atom stereocenters. The number of anilines is 1. The topological polar surface area (TPSA) is 128 Å². The molecule has 0 saturated carbocycles. The molecule has 11 heteroatoms. The molecular weight excluding hydrogens is 617 g/mol. The summed E-state index contributed by atoms with van der Waals surface area (Å²) in [4.78, 5) is 50.3. The highest BCUT2D eigenvalue weighted by Gasteiger charge is 2.37. The molecule has 1 saturated heterocycles. The zero-order valence-electron chi connectivity index (χ0n) is 21.3. The van der Waals surface area contributed by atoms with Crippen LogP contribution in [0.4, 0.5) is 16.2 Å². The number of urea groups is 1. The van der Waals surface area contributed by atoms with E-state index in [0.717, 1.165) is 10.5 Å². The summed E-state index contributed by atoms with van der Waals surface area (Å²) in [5, 5.41) is 13.3. The molecule has 3 aromatic carbocycles. The van der Waals surface area contributed by atoms with E-state index in [9.17, 15) is 24.5 Å². The first-order chi connectivity index (χ1) is 18.6. The highest BCUT2D eigenvalue weighted by molar-refractivity contribution is 14.1. The van der Waals surface area contributed by atoms with Gasteiger partial charge < -0.3 is 9.47 Å². The fourth-order valence-electron chi connectivity index (χ4n) is 3.99. The number of carbonyl (C=O) groups excluding carboxylic acids is 3. The van der Waals surface area contributed by atoms with Gasteiger partial charge in [-0.3, -0.25) is 25.0 Å². The van der Waals surface area contributed by atoms with Crippen LogP contribution in [-0.2, 0) is 16.2 Å². The highest BCUT2D eigenvalue weighted by Crippen LogP contribution is 2.36. The van der Waals surface area contributed by atoms with Gasteiger partial charge in [0.1, 0.15) is 12.2 Å². The van der Waals surface area contributed by atoms with Crippen LogP contribution in [0.3, 0.4) is 0 Å². The number of nitro groups is 1. The fourth-order valence-corrected chi connectivity index (χ4v) is 4.77. The number of rotatable bonds is 8. The molecule has 0 atom stereocenters. The van der Waals surface area contributed by atoms with Crippen LogP contribution in [0.15, 0.2) is 60.2 Å². The van der Waals surface area contributed by atoms with Gasteiger partial charge in [0.25, 0.3) is 17.5 Å². The van der Waals surface area contributed by atoms with Crippen molar-refractivity contribution in [3.05, 3.63) is 96.1 Å². The van der Waals surface area contributed by atoms with E-state index in [0.29, 0.717) is 44.1 Å². The Balaban J connectivity index is 1.67. The van der Waals surface area contributed by atoms with E-state index < -0.39 is 22.8 Å². The predicted octanol–water partition coefficient (Wildman–Crippen LogP) is 5.46. The van der Waals surface area contributed by atoms with Crippen LogP contribution in [0.2, 0.25) is 0 Å². The number of barbiturate groups is 1. The molecule has 0 radical (unpaired) electrons. The Labute approximate surface area is 237 Å². The third-order valence-corrected chi connectivity index (χ3v) is 6.66. The molecule has 4 rings (SSSR count). The van der Waals surface area contributed by atoms with Crippen LogP contribution in [0.25, 0.3) is 6.08 Å². The number of aryl methyl sites for hydroxylation is 2. The van der Waals surface area contributed by atoms with Crippen molar-refractivity contribution in [1.82, 2.24) is 5.32 Å². The molecule has 1 fully saturated rings. The second-order valence-corrected chi connectivity index (χ2v) is 9.89. The fraction of sp³-hybridized carbons (Fsp3) is 0.179. The van der Waals surface area contributed by atoms with Gasteiger partial charge in [-0.2, -0.15) is 0 Å². The third kappa shape index (κ3) is 6.08. The Bertz CT molecular complexity index is 1530. The number of ether oxygens (including phenoxy) is 2. The van der Waals surface area contributed by atoms with Crippen molar-refractivity contribution in [2.24, 2.45) is 0 Å². The van der Waals surface area contributed by atoms with Gasteiger partial charge in [0.05, 0.1) is 20.8 Å². The van der Waals surface area contributed by atoms with E-state index in [1.54, 1.807) is 50.2 Å². The standard InChI is InChI=1S/C28H24IN3O7/c1-4-38-24-14-19(13-22(29)25(24)39-15-18-6-5-7-20(11-18)32(36)37)12-21-26(33)30-28(35)31(27(21)34)23-10-16(2)8-9-17(23)3/h5-14H,4,15H2,1-3H3,(H,30,33,35)/b21-12+. The van der Waals surface area contributed by atoms with E-state index >= 15 is 0 Å². The number of non-ortho nitro benzene ring substituents is 1. The van der Waals surface area contributed by atoms with Gasteiger partial charge in [0, 0.05) is 12.1 Å². The van der Waals surface area contributed by atoms with E-state index in [4.69, 9.17) is 9.47 Å². The molecule has 0 spiro atoms. The summed E-state index contributed by atoms with van der Waals surface area (Å²) < 4.78 is 12.4. The normalized spacial score (nSPS) is 14.4. The minimum absolute atomic E-state index is 0.0402. The van der Waals surface area contributed by atoms with Gasteiger partial charge in [-0.15, -0.1) is 0 Å². The minimum atomic E-state index is -0.815. The molecule has 39 heavy (non-hydrogen) atoms. The quantitative estimate of drug-likeness (QED) is 0.114. The van der Waals surface area contributed by atoms with Crippen LogP contribution in [0.1, 0.15) is 29.2 Å². The van der Waals surface area contributed by atoms with Gasteiger partial charge >= 0.3 is 6.03 Å². The lowest BCUT2D eigenvalue weighted by Crippen LogP contribution is -2.54. The number of benzene rings is 3. The minimum Gasteiger partial charge on any atom is -0.490 e. The Morgan fingerprint density at radius 1 is 1.05 bits per heavy atom. The largest absolute Gasteiger partial charge is 0.490 e. The second kappa shape index (κ2) is 11.6. The monoisotopic (exact) mass is 641 g/mol. The van der Waals surface area contributed by atoms with Crippen molar-refractivity contribution in [1.29, 1.82) is 0 Å². The van der Waals surface area contributed by atoms with Crippen LogP contribution in [-0.4, -0.2) is 29.4 Å². The second-order valence-electron chi connectivity index (χ2n) is 8.73. The van der Waals surface area contributed by atoms with Gasteiger partial charge in [-0.1, -0.05) is 24.3 Å². The first-order valence-corrected chi connectivity index (χ1v) is 13.0. The zero-order chi connectivity index (χ0) is 28.3. The number of nitrogens with zero attached hydrogens (tertiary/aromatic N) is 2. The number of hydrogen-bond acceptors (Lipinski definition) is 7. The number of hydrogen-bond donors (Lipinski definition) is 1. The van der Waals surface area contributed by atoms with Crippen LogP contribution < -0.4 is 19.7 Å². The number of carbonyl (C=O) groups is 3. The average molecular weight is 641 g/mol. The number of halogens is 1. The van der Waals surface area contributed by atoms with E-state index in [2.05, 4.69) is 5.32 Å². The molecule has 0 bridgehead atoms. The van der Waals surface area contributed by atoms with E-state index in [1.165, 1.54) is 18.2 Å². The van der Waals surface area contributed by atoms with Crippen LogP contribution in [0.5, 0.6) is 11.5 Å². The summed E-state index contributed by atoms with van der Waals surface area (Å²) in [7, 11) is 0. The smallest absolute Gasteiger partial charge is 0.335 e. The molecule has 1 N–H and O–H groups in total. The summed E-state index contributed by atoms with van der Waals surface area (Å²) in [5.41, 5.74) is 2.80. The van der Waals surface area contributed by atoms with E-state index in [-0.39, 0.29) is 17.9 Å². The first kappa shape index (κ1) is 27.8. The molecule has 1 aliphatic heterocycles. The summed E-state index contributed by atoms with van der Waals surface area (Å²) in [6.07, 6.45) is 1.40. The molecular formula is C28H24IN3O7. The first-order valence-electron chi connectivity index (χ1n) is 11.9. The summed E-state index contributed by atoms with van der Waals surface area (Å²) in [6, 6.07) is 14.0. The SMILES string of the molecule is CCOc1cc(/C=C2\C(=O)NC(=O)N(c3cc(C)ccc3C)C2=O)cc(I)c1OCc1cccc([N+](=O)[O-])c1. The van der Waals surface area contributed by atoms with Gasteiger partial charge in [0.15, 0.2) is 11.5 Å². The molecule has 1 aliphatic rings. The number of nitro benzene ring substituents is 1. The maximum Gasteiger partial charge on any atom is 0.335 e. The molecule has 1 heterocycles. The predicted molar refractivity (Wildman–Crippen MR) is 153 cm³/mol. The van der Waals surface area contributed by atoms with Crippen molar-refractivity contribution < 1.29 is 28.8 Å². The van der Waals surface area contributed by atoms with Gasteiger partial charge in [-0.25, -0.2) is 9.69 Å². The van der Waals surface area contributed by atoms with Crippen LogP contribution >= 0.6 is 22.6 Å². The maximum atomic E-state index is 13.4. The Morgan fingerprint density at radius 2 is 1.82 bits per heavy atom. The molecule has 3 aromatic rings. The lowest BCUT2D eigenvalue weighted by molar-refractivity contribution is -0.384. The maximum absolute atomic E-state index is 13.4. The van der Waals surface area contributed by atoms with Crippen molar-refractivity contribution in [2.45, 2.75) is 27.4 Å². The Hall–Kier alpha value is -4.26. The van der Waals surface area contributed by atoms with Crippen molar-refractivity contribution in [2.75, 3.05) is 11.5 Å². The number of amides is 4. The lowest BCUT2D eigenvalue weighted by atomic mass is 10.0. The molecule has 10 nitrogen and oxygen atoms in total. The third-order valence-electron chi connectivity index (χ3n) is 5.85. The van der Waals surface area contributed by atoms with Gasteiger partial charge in [-0.05, 0) is 89.9 Å². The molecule has 0 aromatic heterocycles. The zero-order valence-corrected chi connectivity index (χ0v) is 23.5. The Kier molecular flexibility index (Phi) is 8.29. The molecule has 200 valence electrons. The summed E-state index contributed by atoms with van der Waals surface area (Å²) >= 11 is 2.05. The molecule has 4 amide bonds. The molecule has 0 aliphatic carbocycles. The van der Waals surface area contributed by atoms with Crippen molar-refractivity contribution in [3.8, 4) is 11.5 Å².